The minimum Gasteiger partial charge on any atom is -0.478 e. The van der Waals surface area contributed by atoms with Crippen LogP contribution in [0.2, 0.25) is 0 Å². The quantitative estimate of drug-likeness (QED) is 0.305. The number of rotatable bonds is 7. The monoisotopic (exact) mass is 500 g/mol. The van der Waals surface area contributed by atoms with Crippen molar-refractivity contribution in [2.75, 3.05) is 13.7 Å². The van der Waals surface area contributed by atoms with Gasteiger partial charge in [-0.15, -0.1) is 0 Å². The van der Waals surface area contributed by atoms with Gasteiger partial charge in [0.25, 0.3) is 5.91 Å². The largest absolute Gasteiger partial charge is 0.478 e. The molecule has 37 heavy (non-hydrogen) atoms. The highest BCUT2D eigenvalue weighted by molar-refractivity contribution is 6.14. The molecule has 1 amide bonds. The number of hydrogen-bond donors (Lipinski definition) is 2. The maximum absolute atomic E-state index is 12.8. The second-order valence-electron chi connectivity index (χ2n) is 9.80. The number of fused-ring (bicyclic) bond motifs is 3. The lowest BCUT2D eigenvalue weighted by atomic mass is 9.92. The first-order valence-electron chi connectivity index (χ1n) is 12.4. The molecule has 0 bridgehead atoms. The lowest BCUT2D eigenvalue weighted by Gasteiger charge is -2.14. The smallest absolute Gasteiger partial charge is 0.338 e. The number of amides is 1. The van der Waals surface area contributed by atoms with E-state index in [4.69, 9.17) is 4.74 Å². The van der Waals surface area contributed by atoms with Crippen molar-refractivity contribution in [3.63, 3.8) is 0 Å². The molecule has 7 heteroatoms. The summed E-state index contributed by atoms with van der Waals surface area (Å²) in [6, 6.07) is 12.4. The Kier molecular flexibility index (Phi) is 7.07. The molecule has 0 aliphatic heterocycles. The van der Waals surface area contributed by atoms with E-state index in [1.165, 1.54) is 13.2 Å². The number of carboxylic acid groups (broad SMARTS) is 1. The van der Waals surface area contributed by atoms with E-state index in [0.29, 0.717) is 29.8 Å². The van der Waals surface area contributed by atoms with Crippen molar-refractivity contribution in [1.29, 1.82) is 0 Å². The number of esters is 1. The summed E-state index contributed by atoms with van der Waals surface area (Å²) in [5, 5.41) is 14.9. The SMILES string of the molecule is CCn1c2cc(-c3ccc(C(=O)NCC(C)C)cc3C(=O)OC)c(C(=O)O)cc2c2cc(C)cc(C)c21. The summed E-state index contributed by atoms with van der Waals surface area (Å²) in [7, 11) is 1.26. The number of methoxy groups -OCH3 is 1. The lowest BCUT2D eigenvalue weighted by molar-refractivity contribution is 0.0600. The van der Waals surface area contributed by atoms with Gasteiger partial charge in [-0.3, -0.25) is 4.79 Å². The number of aryl methyl sites for hydroxylation is 3. The Labute approximate surface area is 216 Å². The van der Waals surface area contributed by atoms with Gasteiger partial charge < -0.3 is 19.7 Å². The Morgan fingerprint density at radius 1 is 0.973 bits per heavy atom. The number of benzene rings is 3. The van der Waals surface area contributed by atoms with Gasteiger partial charge in [-0.05, 0) is 73.7 Å². The summed E-state index contributed by atoms with van der Waals surface area (Å²) < 4.78 is 7.18. The van der Waals surface area contributed by atoms with Gasteiger partial charge in [0.05, 0.1) is 23.8 Å². The molecule has 0 unspecified atom stereocenters. The van der Waals surface area contributed by atoms with Gasteiger partial charge in [-0.25, -0.2) is 9.59 Å². The molecule has 0 aliphatic rings. The number of carboxylic acids is 1. The van der Waals surface area contributed by atoms with Gasteiger partial charge in [0, 0.05) is 34.9 Å². The fourth-order valence-corrected chi connectivity index (χ4v) is 5.00. The molecule has 4 rings (SSSR count). The van der Waals surface area contributed by atoms with Crippen LogP contribution in [0.15, 0.2) is 42.5 Å². The molecule has 4 aromatic rings. The number of carbonyl (C=O) groups excluding carboxylic acids is 2. The van der Waals surface area contributed by atoms with Crippen LogP contribution in [0.3, 0.4) is 0 Å². The minimum atomic E-state index is -1.10. The normalized spacial score (nSPS) is 11.3. The molecule has 0 saturated heterocycles. The molecule has 1 heterocycles. The van der Waals surface area contributed by atoms with Crippen molar-refractivity contribution in [3.05, 3.63) is 70.3 Å². The van der Waals surface area contributed by atoms with E-state index >= 15 is 0 Å². The summed E-state index contributed by atoms with van der Waals surface area (Å²) in [5.74, 6) is -1.79. The third-order valence-corrected chi connectivity index (χ3v) is 6.63. The van der Waals surface area contributed by atoms with Crippen molar-refractivity contribution in [2.24, 2.45) is 5.92 Å². The topological polar surface area (TPSA) is 97.6 Å². The molecule has 7 nitrogen and oxygen atoms in total. The van der Waals surface area contributed by atoms with E-state index in [9.17, 15) is 19.5 Å². The molecule has 192 valence electrons. The van der Waals surface area contributed by atoms with Crippen molar-refractivity contribution in [2.45, 2.75) is 41.2 Å². The molecule has 0 atom stereocenters. The van der Waals surface area contributed by atoms with E-state index in [1.54, 1.807) is 18.2 Å². The average Bonchev–Trinajstić information content (AvgIpc) is 3.18. The molecular formula is C30H32N2O5. The number of nitrogens with one attached hydrogen (secondary N) is 1. The van der Waals surface area contributed by atoms with Crippen LogP contribution in [-0.2, 0) is 11.3 Å². The Morgan fingerprint density at radius 2 is 1.70 bits per heavy atom. The predicted octanol–water partition coefficient (Wildman–Crippen LogP) is 5.97. The standard InChI is InChI=1S/C30H32N2O5/c1-7-32-26-14-21(24(29(34)35)13-22(26)23-11-17(4)10-18(5)27(23)32)20-9-8-19(12-25(20)30(36)37-6)28(33)31-15-16(2)3/h8-14,16H,7,15H2,1-6H3,(H,31,33)(H,34,35). The maximum atomic E-state index is 12.8. The number of aromatic carboxylic acids is 1. The second kappa shape index (κ2) is 10.1. The highest BCUT2D eigenvalue weighted by Crippen LogP contribution is 2.38. The molecule has 0 fully saturated rings. The summed E-state index contributed by atoms with van der Waals surface area (Å²) in [5.41, 5.74) is 5.43. The Balaban J connectivity index is 2.01. The van der Waals surface area contributed by atoms with E-state index in [-0.39, 0.29) is 23.0 Å². The van der Waals surface area contributed by atoms with Crippen LogP contribution in [0.4, 0.5) is 0 Å². The minimum absolute atomic E-state index is 0.0731. The van der Waals surface area contributed by atoms with E-state index in [2.05, 4.69) is 28.9 Å². The van der Waals surface area contributed by atoms with Crippen LogP contribution in [0.1, 0.15) is 63.0 Å². The first-order chi connectivity index (χ1) is 17.6. The molecule has 2 N–H and O–H groups in total. The van der Waals surface area contributed by atoms with Crippen LogP contribution in [0, 0.1) is 19.8 Å². The van der Waals surface area contributed by atoms with Crippen LogP contribution >= 0.6 is 0 Å². The van der Waals surface area contributed by atoms with Crippen LogP contribution in [-0.4, -0.2) is 41.2 Å². The Bertz CT molecular complexity index is 1560. The maximum Gasteiger partial charge on any atom is 0.338 e. The summed E-state index contributed by atoms with van der Waals surface area (Å²) in [6.07, 6.45) is 0. The zero-order chi connectivity index (χ0) is 27.0. The third kappa shape index (κ3) is 4.69. The highest BCUT2D eigenvalue weighted by atomic mass is 16.5. The lowest BCUT2D eigenvalue weighted by Crippen LogP contribution is -2.27. The van der Waals surface area contributed by atoms with Crippen molar-refractivity contribution < 1.29 is 24.2 Å². The zero-order valence-corrected chi connectivity index (χ0v) is 22.1. The van der Waals surface area contributed by atoms with Gasteiger partial charge in [-0.2, -0.15) is 0 Å². The van der Waals surface area contributed by atoms with Gasteiger partial charge >= 0.3 is 11.9 Å². The van der Waals surface area contributed by atoms with Crippen LogP contribution in [0.5, 0.6) is 0 Å². The molecule has 1 aromatic heterocycles. The van der Waals surface area contributed by atoms with Gasteiger partial charge in [0.1, 0.15) is 0 Å². The first-order valence-corrected chi connectivity index (χ1v) is 12.4. The van der Waals surface area contributed by atoms with Crippen molar-refractivity contribution in [3.8, 4) is 11.1 Å². The molecule has 0 radical (unpaired) electrons. The zero-order valence-electron chi connectivity index (χ0n) is 22.1. The summed E-state index contributed by atoms with van der Waals surface area (Å²) in [4.78, 5) is 38.0. The number of carbonyl (C=O) groups is 3. The molecule has 0 spiro atoms. The number of aromatic nitrogens is 1. The second-order valence-corrected chi connectivity index (χ2v) is 9.80. The summed E-state index contributed by atoms with van der Waals surface area (Å²) in [6.45, 7) is 11.3. The number of ether oxygens (including phenoxy) is 1. The fourth-order valence-electron chi connectivity index (χ4n) is 5.00. The number of hydrogen-bond acceptors (Lipinski definition) is 4. The molecule has 3 aromatic carbocycles. The summed E-state index contributed by atoms with van der Waals surface area (Å²) >= 11 is 0. The van der Waals surface area contributed by atoms with Crippen LogP contribution < -0.4 is 5.32 Å². The van der Waals surface area contributed by atoms with E-state index in [1.807, 2.05) is 33.8 Å². The van der Waals surface area contributed by atoms with Crippen molar-refractivity contribution in [1.82, 2.24) is 9.88 Å². The molecular weight excluding hydrogens is 468 g/mol. The van der Waals surface area contributed by atoms with Gasteiger partial charge in [0.15, 0.2) is 0 Å². The van der Waals surface area contributed by atoms with E-state index < -0.39 is 11.9 Å². The third-order valence-electron chi connectivity index (χ3n) is 6.63. The molecule has 0 saturated carbocycles. The Hall–Kier alpha value is -4.13. The average molecular weight is 501 g/mol. The molecule has 0 aliphatic carbocycles. The van der Waals surface area contributed by atoms with Gasteiger partial charge in [0.2, 0.25) is 0 Å². The fraction of sp³-hybridized carbons (Fsp3) is 0.300. The predicted molar refractivity (Wildman–Crippen MR) is 145 cm³/mol. The van der Waals surface area contributed by atoms with Gasteiger partial charge in [-0.1, -0.05) is 31.5 Å². The first kappa shape index (κ1) is 25.9. The van der Waals surface area contributed by atoms with E-state index in [0.717, 1.165) is 32.9 Å². The van der Waals surface area contributed by atoms with Crippen LogP contribution in [0.25, 0.3) is 32.9 Å². The Morgan fingerprint density at radius 3 is 2.32 bits per heavy atom. The highest BCUT2D eigenvalue weighted by Gasteiger charge is 2.24. The number of nitrogens with zero attached hydrogens (tertiary/aromatic N) is 1. The van der Waals surface area contributed by atoms with Crippen molar-refractivity contribution >= 4 is 39.7 Å².